The molecule has 1 saturated heterocycles. The summed E-state index contributed by atoms with van der Waals surface area (Å²) in [5, 5.41) is 11.8. The molecule has 1 aliphatic heterocycles. The number of alkyl halides is 3. The van der Waals surface area contributed by atoms with Gasteiger partial charge >= 0.3 is 12.1 Å². The van der Waals surface area contributed by atoms with Gasteiger partial charge in [0.15, 0.2) is 0 Å². The van der Waals surface area contributed by atoms with E-state index in [-0.39, 0.29) is 0 Å². The SMILES string of the molecule is O=C(O)C1NCCC1c1cccc(C(F)(F)F)c1. The van der Waals surface area contributed by atoms with E-state index in [1.165, 1.54) is 6.07 Å². The van der Waals surface area contributed by atoms with Crippen molar-refractivity contribution < 1.29 is 23.1 Å². The molecule has 98 valence electrons. The summed E-state index contributed by atoms with van der Waals surface area (Å²) in [6, 6.07) is 4.07. The van der Waals surface area contributed by atoms with Crippen molar-refractivity contribution in [3.63, 3.8) is 0 Å². The Morgan fingerprint density at radius 2 is 2.11 bits per heavy atom. The van der Waals surface area contributed by atoms with Crippen molar-refractivity contribution in [2.45, 2.75) is 24.6 Å². The Morgan fingerprint density at radius 1 is 1.39 bits per heavy atom. The molecular weight excluding hydrogens is 247 g/mol. The smallest absolute Gasteiger partial charge is 0.416 e. The number of nitrogens with one attached hydrogen (secondary N) is 1. The Hall–Kier alpha value is -1.56. The molecule has 0 saturated carbocycles. The van der Waals surface area contributed by atoms with Crippen molar-refractivity contribution in [1.29, 1.82) is 0 Å². The van der Waals surface area contributed by atoms with Gasteiger partial charge in [-0.05, 0) is 24.6 Å². The molecule has 0 aromatic heterocycles. The fourth-order valence-corrected chi connectivity index (χ4v) is 2.27. The molecular formula is C12H12F3NO2. The van der Waals surface area contributed by atoms with Crippen molar-refractivity contribution in [1.82, 2.24) is 5.32 Å². The van der Waals surface area contributed by atoms with Crippen LogP contribution >= 0.6 is 0 Å². The maximum absolute atomic E-state index is 12.6. The fraction of sp³-hybridized carbons (Fsp3) is 0.417. The van der Waals surface area contributed by atoms with E-state index in [0.717, 1.165) is 12.1 Å². The standard InChI is InChI=1S/C12H12F3NO2/c13-12(14,15)8-3-1-2-7(6-8)9-4-5-16-10(9)11(17)18/h1-3,6,9-10,16H,4-5H2,(H,17,18). The van der Waals surface area contributed by atoms with Gasteiger partial charge in [0.2, 0.25) is 0 Å². The molecule has 0 radical (unpaired) electrons. The summed E-state index contributed by atoms with van der Waals surface area (Å²) in [5.74, 6) is -1.44. The number of carboxylic acids is 1. The minimum atomic E-state index is -4.40. The van der Waals surface area contributed by atoms with Crippen molar-refractivity contribution in [3.8, 4) is 0 Å². The summed E-state index contributed by atoms with van der Waals surface area (Å²) in [4.78, 5) is 11.0. The zero-order chi connectivity index (χ0) is 13.3. The van der Waals surface area contributed by atoms with Gasteiger partial charge in [0.1, 0.15) is 6.04 Å². The third-order valence-corrected chi connectivity index (χ3v) is 3.13. The highest BCUT2D eigenvalue weighted by atomic mass is 19.4. The van der Waals surface area contributed by atoms with Gasteiger partial charge in [0.05, 0.1) is 5.56 Å². The summed E-state index contributed by atoms with van der Waals surface area (Å²) < 4.78 is 37.7. The van der Waals surface area contributed by atoms with Crippen LogP contribution < -0.4 is 5.32 Å². The molecule has 3 nitrogen and oxygen atoms in total. The topological polar surface area (TPSA) is 49.3 Å². The highest BCUT2D eigenvalue weighted by Crippen LogP contribution is 2.34. The van der Waals surface area contributed by atoms with Crippen LogP contribution in [0.3, 0.4) is 0 Å². The Kier molecular flexibility index (Phi) is 3.30. The Morgan fingerprint density at radius 3 is 2.72 bits per heavy atom. The second-order valence-electron chi connectivity index (χ2n) is 4.29. The first-order valence-electron chi connectivity index (χ1n) is 5.53. The average molecular weight is 259 g/mol. The molecule has 2 rings (SSSR count). The molecule has 1 aromatic carbocycles. The molecule has 2 N–H and O–H groups in total. The molecule has 0 spiro atoms. The van der Waals surface area contributed by atoms with Crippen molar-refractivity contribution in [3.05, 3.63) is 35.4 Å². The first-order chi connectivity index (χ1) is 8.39. The second-order valence-corrected chi connectivity index (χ2v) is 4.29. The monoisotopic (exact) mass is 259 g/mol. The zero-order valence-corrected chi connectivity index (χ0v) is 9.37. The van der Waals surface area contributed by atoms with E-state index in [0.29, 0.717) is 18.5 Å². The predicted octanol–water partition coefficient (Wildman–Crippen LogP) is 2.24. The molecule has 1 fully saturated rings. The molecule has 1 aromatic rings. The summed E-state index contributed by atoms with van der Waals surface area (Å²) in [6.45, 7) is 0.498. The average Bonchev–Trinajstić information content (AvgIpc) is 2.77. The number of rotatable bonds is 2. The van der Waals surface area contributed by atoms with Gasteiger partial charge in [0.25, 0.3) is 0 Å². The number of benzene rings is 1. The second kappa shape index (κ2) is 4.61. The minimum absolute atomic E-state index is 0.412. The first kappa shape index (κ1) is 12.9. The summed E-state index contributed by atoms with van der Waals surface area (Å²) >= 11 is 0. The van der Waals surface area contributed by atoms with Crippen LogP contribution in [0.2, 0.25) is 0 Å². The maximum atomic E-state index is 12.6. The van der Waals surface area contributed by atoms with Crippen LogP contribution in [0.15, 0.2) is 24.3 Å². The van der Waals surface area contributed by atoms with Gasteiger partial charge in [-0.1, -0.05) is 18.2 Å². The Bertz CT molecular complexity index is 459. The molecule has 0 aliphatic carbocycles. The van der Waals surface area contributed by atoms with Crippen LogP contribution in [-0.2, 0) is 11.0 Å². The van der Waals surface area contributed by atoms with Gasteiger partial charge in [-0.3, -0.25) is 4.79 Å². The molecule has 1 aliphatic rings. The number of carboxylic acid groups (broad SMARTS) is 1. The Balaban J connectivity index is 2.31. The number of aliphatic carboxylic acids is 1. The van der Waals surface area contributed by atoms with E-state index in [1.807, 2.05) is 0 Å². The van der Waals surface area contributed by atoms with Gasteiger partial charge < -0.3 is 10.4 Å². The lowest BCUT2D eigenvalue weighted by atomic mass is 9.91. The maximum Gasteiger partial charge on any atom is 0.416 e. The third kappa shape index (κ3) is 2.48. The van der Waals surface area contributed by atoms with E-state index < -0.39 is 29.7 Å². The van der Waals surface area contributed by atoms with E-state index in [1.54, 1.807) is 6.07 Å². The van der Waals surface area contributed by atoms with E-state index in [4.69, 9.17) is 5.11 Å². The lowest BCUT2D eigenvalue weighted by molar-refractivity contribution is -0.139. The first-order valence-corrected chi connectivity index (χ1v) is 5.53. The van der Waals surface area contributed by atoms with Crippen LogP contribution in [0.5, 0.6) is 0 Å². The van der Waals surface area contributed by atoms with Crippen LogP contribution in [-0.4, -0.2) is 23.7 Å². The lowest BCUT2D eigenvalue weighted by Gasteiger charge is -2.17. The normalized spacial score (nSPS) is 24.2. The molecule has 18 heavy (non-hydrogen) atoms. The molecule has 6 heteroatoms. The highest BCUT2D eigenvalue weighted by Gasteiger charge is 2.36. The number of hydrogen-bond acceptors (Lipinski definition) is 2. The largest absolute Gasteiger partial charge is 0.480 e. The molecule has 0 amide bonds. The molecule has 0 bridgehead atoms. The third-order valence-electron chi connectivity index (χ3n) is 3.13. The zero-order valence-electron chi connectivity index (χ0n) is 9.37. The van der Waals surface area contributed by atoms with Gasteiger partial charge in [-0.2, -0.15) is 13.2 Å². The Labute approximate surface area is 102 Å². The summed E-state index contributed by atoms with van der Waals surface area (Å²) in [7, 11) is 0. The van der Waals surface area contributed by atoms with Crippen molar-refractivity contribution in [2.24, 2.45) is 0 Å². The van der Waals surface area contributed by atoms with Crippen LogP contribution in [0, 0.1) is 0 Å². The summed E-state index contributed by atoms with van der Waals surface area (Å²) in [6.07, 6.45) is -3.88. The number of carbonyl (C=O) groups is 1. The summed E-state index contributed by atoms with van der Waals surface area (Å²) in [5.41, 5.74) is -0.321. The van der Waals surface area contributed by atoms with Crippen molar-refractivity contribution >= 4 is 5.97 Å². The number of halogens is 3. The van der Waals surface area contributed by atoms with E-state index in [9.17, 15) is 18.0 Å². The molecule has 2 unspecified atom stereocenters. The lowest BCUT2D eigenvalue weighted by Crippen LogP contribution is -2.34. The van der Waals surface area contributed by atoms with Crippen LogP contribution in [0.1, 0.15) is 23.5 Å². The van der Waals surface area contributed by atoms with E-state index >= 15 is 0 Å². The highest BCUT2D eigenvalue weighted by molar-refractivity contribution is 5.75. The van der Waals surface area contributed by atoms with E-state index in [2.05, 4.69) is 5.32 Å². The predicted molar refractivity (Wildman–Crippen MR) is 58.2 cm³/mol. The molecule has 1 heterocycles. The van der Waals surface area contributed by atoms with Crippen LogP contribution in [0.25, 0.3) is 0 Å². The number of hydrogen-bond donors (Lipinski definition) is 2. The molecule has 2 atom stereocenters. The van der Waals surface area contributed by atoms with Gasteiger partial charge in [-0.15, -0.1) is 0 Å². The van der Waals surface area contributed by atoms with Gasteiger partial charge in [0, 0.05) is 5.92 Å². The minimum Gasteiger partial charge on any atom is -0.480 e. The van der Waals surface area contributed by atoms with Crippen LogP contribution in [0.4, 0.5) is 13.2 Å². The van der Waals surface area contributed by atoms with Gasteiger partial charge in [-0.25, -0.2) is 0 Å². The van der Waals surface area contributed by atoms with Crippen molar-refractivity contribution in [2.75, 3.05) is 6.54 Å². The fourth-order valence-electron chi connectivity index (χ4n) is 2.27. The quantitative estimate of drug-likeness (QED) is 0.856.